The number of likely N-dealkylation sites (N-methyl/N-ethyl adjacent to an activating group) is 1. The van der Waals surface area contributed by atoms with Crippen molar-refractivity contribution in [1.29, 1.82) is 0 Å². The molecule has 5 heteroatoms. The van der Waals surface area contributed by atoms with Gasteiger partial charge in [-0.15, -0.1) is 0 Å². The lowest BCUT2D eigenvalue weighted by molar-refractivity contribution is -0.142. The number of esters is 1. The molecule has 1 rings (SSSR count). The van der Waals surface area contributed by atoms with Crippen LogP contribution in [0.25, 0.3) is 0 Å². The van der Waals surface area contributed by atoms with Crippen LogP contribution in [0.3, 0.4) is 0 Å². The fourth-order valence-corrected chi connectivity index (χ4v) is 2.83. The predicted molar refractivity (Wildman–Crippen MR) is 73.4 cm³/mol. The van der Waals surface area contributed by atoms with Gasteiger partial charge in [-0.05, 0) is 25.2 Å². The summed E-state index contributed by atoms with van der Waals surface area (Å²) in [4.78, 5) is 25.1. The number of rotatable bonds is 5. The van der Waals surface area contributed by atoms with Crippen molar-refractivity contribution in [3.05, 3.63) is 0 Å². The maximum absolute atomic E-state index is 12.4. The van der Waals surface area contributed by atoms with Crippen molar-refractivity contribution in [3.8, 4) is 0 Å². The van der Waals surface area contributed by atoms with E-state index in [0.717, 1.165) is 25.7 Å². The molecule has 0 bridgehead atoms. The molecule has 19 heavy (non-hydrogen) atoms. The van der Waals surface area contributed by atoms with E-state index in [9.17, 15) is 9.59 Å². The molecule has 1 amide bonds. The number of nitrogens with two attached hydrogens (primary N) is 1. The zero-order chi connectivity index (χ0) is 14.5. The van der Waals surface area contributed by atoms with Crippen LogP contribution in [-0.4, -0.2) is 43.0 Å². The maximum atomic E-state index is 12.4. The topological polar surface area (TPSA) is 72.6 Å². The summed E-state index contributed by atoms with van der Waals surface area (Å²) >= 11 is 0. The van der Waals surface area contributed by atoms with Crippen LogP contribution < -0.4 is 5.73 Å². The molecule has 2 atom stereocenters. The molecule has 0 aromatic heterocycles. The molecule has 0 heterocycles. The number of hydrogen-bond acceptors (Lipinski definition) is 4. The summed E-state index contributed by atoms with van der Waals surface area (Å²) in [5.74, 6) is 0.268. The van der Waals surface area contributed by atoms with E-state index in [1.807, 2.05) is 0 Å². The van der Waals surface area contributed by atoms with Gasteiger partial charge in [0.2, 0.25) is 5.91 Å². The quantitative estimate of drug-likeness (QED) is 0.764. The van der Waals surface area contributed by atoms with Crippen molar-refractivity contribution in [2.24, 2.45) is 11.7 Å². The van der Waals surface area contributed by atoms with Gasteiger partial charge in [-0.25, -0.2) is 0 Å². The molecule has 0 saturated heterocycles. The van der Waals surface area contributed by atoms with E-state index in [0.29, 0.717) is 25.3 Å². The van der Waals surface area contributed by atoms with Crippen LogP contribution >= 0.6 is 0 Å². The third kappa shape index (κ3) is 4.49. The molecule has 2 N–H and O–H groups in total. The van der Waals surface area contributed by atoms with Crippen molar-refractivity contribution in [2.75, 3.05) is 20.7 Å². The number of methoxy groups -OCH3 is 1. The molecule has 0 aromatic rings. The lowest BCUT2D eigenvalue weighted by Gasteiger charge is -2.38. The molecule has 1 aliphatic rings. The molecule has 1 fully saturated rings. The van der Waals surface area contributed by atoms with Crippen LogP contribution in [0.1, 0.15) is 45.4 Å². The number of ether oxygens (including phenoxy) is 1. The smallest absolute Gasteiger partial charge is 0.305 e. The molecular formula is C14H26N2O3. The summed E-state index contributed by atoms with van der Waals surface area (Å²) in [6.07, 6.45) is 4.63. The number of hydrogen-bond donors (Lipinski definition) is 1. The number of carbonyl (C=O) groups excluding carboxylic acids is 2. The minimum absolute atomic E-state index is 0.00363. The van der Waals surface area contributed by atoms with E-state index >= 15 is 0 Å². The number of amides is 1. The molecule has 0 aliphatic heterocycles. The Bertz CT molecular complexity index is 333. The molecular weight excluding hydrogens is 244 g/mol. The van der Waals surface area contributed by atoms with Gasteiger partial charge in [-0.3, -0.25) is 9.59 Å². The van der Waals surface area contributed by atoms with Crippen LogP contribution in [0.15, 0.2) is 0 Å². The minimum Gasteiger partial charge on any atom is -0.469 e. The van der Waals surface area contributed by atoms with Crippen molar-refractivity contribution in [2.45, 2.75) is 51.0 Å². The molecule has 0 radical (unpaired) electrons. The Kier molecular flexibility index (Phi) is 5.79. The van der Waals surface area contributed by atoms with Gasteiger partial charge in [-0.2, -0.15) is 0 Å². The van der Waals surface area contributed by atoms with Crippen LogP contribution in [0.4, 0.5) is 0 Å². The summed E-state index contributed by atoms with van der Waals surface area (Å²) in [5, 5.41) is 0. The molecule has 0 aromatic carbocycles. The minimum atomic E-state index is -0.711. The molecule has 1 aliphatic carbocycles. The van der Waals surface area contributed by atoms with E-state index in [-0.39, 0.29) is 11.9 Å². The second-order valence-electron chi connectivity index (χ2n) is 5.76. The Morgan fingerprint density at radius 1 is 1.47 bits per heavy atom. The van der Waals surface area contributed by atoms with E-state index in [2.05, 4.69) is 11.7 Å². The van der Waals surface area contributed by atoms with Gasteiger partial charge in [0, 0.05) is 20.0 Å². The van der Waals surface area contributed by atoms with Crippen molar-refractivity contribution in [3.63, 3.8) is 0 Å². The first kappa shape index (κ1) is 16.0. The largest absolute Gasteiger partial charge is 0.469 e. The van der Waals surface area contributed by atoms with Crippen molar-refractivity contribution >= 4 is 11.9 Å². The number of nitrogens with zero attached hydrogens (tertiary/aromatic N) is 1. The lowest BCUT2D eigenvalue weighted by Crippen LogP contribution is -2.56. The van der Waals surface area contributed by atoms with E-state index < -0.39 is 5.54 Å². The third-order valence-electron chi connectivity index (χ3n) is 3.91. The predicted octanol–water partition coefficient (Wildman–Crippen LogP) is 1.31. The van der Waals surface area contributed by atoms with Gasteiger partial charge in [0.1, 0.15) is 0 Å². The summed E-state index contributed by atoms with van der Waals surface area (Å²) in [5.41, 5.74) is 5.56. The first-order valence-corrected chi connectivity index (χ1v) is 7.00. The summed E-state index contributed by atoms with van der Waals surface area (Å²) < 4.78 is 4.58. The fraction of sp³-hybridized carbons (Fsp3) is 0.857. The van der Waals surface area contributed by atoms with Gasteiger partial charge in [-0.1, -0.05) is 19.8 Å². The normalized spacial score (nSPS) is 26.8. The molecule has 2 unspecified atom stereocenters. The summed E-state index contributed by atoms with van der Waals surface area (Å²) in [6, 6.07) is 0. The second-order valence-corrected chi connectivity index (χ2v) is 5.76. The van der Waals surface area contributed by atoms with Gasteiger partial charge in [0.05, 0.1) is 12.6 Å². The van der Waals surface area contributed by atoms with E-state index in [1.54, 1.807) is 11.9 Å². The third-order valence-corrected chi connectivity index (χ3v) is 3.91. The summed E-state index contributed by atoms with van der Waals surface area (Å²) in [6.45, 7) is 2.69. The molecule has 5 nitrogen and oxygen atoms in total. The average molecular weight is 270 g/mol. The highest BCUT2D eigenvalue weighted by Gasteiger charge is 2.39. The Morgan fingerprint density at radius 2 is 2.16 bits per heavy atom. The van der Waals surface area contributed by atoms with Gasteiger partial charge in [0.15, 0.2) is 0 Å². The van der Waals surface area contributed by atoms with Gasteiger partial charge in [0.25, 0.3) is 0 Å². The Hall–Kier alpha value is -1.10. The summed E-state index contributed by atoms with van der Waals surface area (Å²) in [7, 11) is 3.13. The van der Waals surface area contributed by atoms with Crippen molar-refractivity contribution < 1.29 is 14.3 Å². The monoisotopic (exact) mass is 270 g/mol. The van der Waals surface area contributed by atoms with Crippen LogP contribution in [0, 0.1) is 5.92 Å². The van der Waals surface area contributed by atoms with Gasteiger partial charge < -0.3 is 15.4 Å². The fourth-order valence-electron chi connectivity index (χ4n) is 2.83. The van der Waals surface area contributed by atoms with Gasteiger partial charge >= 0.3 is 5.97 Å². The Balaban J connectivity index is 2.44. The van der Waals surface area contributed by atoms with Crippen molar-refractivity contribution in [1.82, 2.24) is 4.90 Å². The first-order chi connectivity index (χ1) is 8.89. The highest BCUT2D eigenvalue weighted by Crippen LogP contribution is 2.31. The Morgan fingerprint density at radius 3 is 2.74 bits per heavy atom. The highest BCUT2D eigenvalue weighted by atomic mass is 16.5. The molecule has 0 spiro atoms. The zero-order valence-corrected chi connectivity index (χ0v) is 12.3. The standard InChI is InChI=1S/C14H26N2O3/c1-11-6-4-8-14(15,10-11)13(18)16(2)9-5-7-12(17)19-3/h11H,4-10,15H2,1-3H3. The van der Waals surface area contributed by atoms with Crippen LogP contribution in [0.5, 0.6) is 0 Å². The van der Waals surface area contributed by atoms with Crippen LogP contribution in [0.2, 0.25) is 0 Å². The zero-order valence-electron chi connectivity index (χ0n) is 12.3. The Labute approximate surface area is 115 Å². The van der Waals surface area contributed by atoms with E-state index in [4.69, 9.17) is 5.73 Å². The average Bonchev–Trinajstić information content (AvgIpc) is 2.37. The van der Waals surface area contributed by atoms with E-state index in [1.165, 1.54) is 7.11 Å². The molecule has 110 valence electrons. The SMILES string of the molecule is COC(=O)CCCN(C)C(=O)C1(N)CCCC(C)C1. The second kappa shape index (κ2) is 6.89. The highest BCUT2D eigenvalue weighted by molar-refractivity contribution is 5.86. The maximum Gasteiger partial charge on any atom is 0.305 e. The lowest BCUT2D eigenvalue weighted by atomic mass is 9.76. The number of carbonyl (C=O) groups is 2. The van der Waals surface area contributed by atoms with Crippen LogP contribution in [-0.2, 0) is 14.3 Å². The first-order valence-electron chi connectivity index (χ1n) is 7.00. The molecule has 1 saturated carbocycles.